The quantitative estimate of drug-likeness (QED) is 0.792. The normalized spacial score (nSPS) is 44.3. The molecule has 4 rings (SSSR count). The Morgan fingerprint density at radius 3 is 2.10 bits per heavy atom. The predicted octanol–water partition coefficient (Wildman–Crippen LogP) is 4.54. The summed E-state index contributed by atoms with van der Waals surface area (Å²) in [5.74, 6) is 1.83. The fourth-order valence-corrected chi connectivity index (χ4v) is 6.70. The van der Waals surface area contributed by atoms with Gasteiger partial charge in [0.15, 0.2) is 0 Å². The molecule has 0 radical (unpaired) electrons. The summed E-state index contributed by atoms with van der Waals surface area (Å²) >= 11 is 0. The lowest BCUT2D eigenvalue weighted by atomic mass is 9.40. The van der Waals surface area contributed by atoms with Crippen molar-refractivity contribution < 1.29 is 4.79 Å². The Hall–Kier alpha value is -0.530. The monoisotopic (exact) mass is 291 g/mol. The van der Waals surface area contributed by atoms with Crippen molar-refractivity contribution in [2.75, 3.05) is 6.54 Å². The molecule has 4 bridgehead atoms. The molecule has 4 aliphatic rings. The summed E-state index contributed by atoms with van der Waals surface area (Å²) in [5, 5.41) is 3.34. The SMILES string of the molecule is CCC(CC)CNC(=O)C12CC3CC(C)(CC(C)(C3)C1)C2. The maximum atomic E-state index is 13.0. The van der Waals surface area contributed by atoms with Crippen LogP contribution in [0.25, 0.3) is 0 Å². The molecule has 4 fully saturated rings. The van der Waals surface area contributed by atoms with Crippen LogP contribution in [0, 0.1) is 28.1 Å². The number of carbonyl (C=O) groups is 1. The largest absolute Gasteiger partial charge is 0.355 e. The van der Waals surface area contributed by atoms with Crippen molar-refractivity contribution in [1.29, 1.82) is 0 Å². The van der Waals surface area contributed by atoms with Gasteiger partial charge >= 0.3 is 0 Å². The van der Waals surface area contributed by atoms with E-state index in [0.717, 1.165) is 31.7 Å². The van der Waals surface area contributed by atoms with Crippen LogP contribution >= 0.6 is 0 Å². The van der Waals surface area contributed by atoms with Gasteiger partial charge in [-0.25, -0.2) is 0 Å². The molecule has 2 nitrogen and oxygen atoms in total. The second-order valence-electron chi connectivity index (χ2n) is 9.30. The summed E-state index contributed by atoms with van der Waals surface area (Å²) in [6.45, 7) is 10.2. The van der Waals surface area contributed by atoms with Gasteiger partial charge in [-0.2, -0.15) is 0 Å². The van der Waals surface area contributed by atoms with Crippen LogP contribution in [0.5, 0.6) is 0 Å². The molecule has 0 aromatic carbocycles. The van der Waals surface area contributed by atoms with E-state index in [1.807, 2.05) is 0 Å². The molecule has 0 aromatic rings. The second kappa shape index (κ2) is 4.99. The summed E-state index contributed by atoms with van der Waals surface area (Å²) in [5.41, 5.74) is 0.829. The summed E-state index contributed by atoms with van der Waals surface area (Å²) < 4.78 is 0. The Morgan fingerprint density at radius 2 is 1.62 bits per heavy atom. The average Bonchev–Trinajstić information content (AvgIpc) is 2.35. The van der Waals surface area contributed by atoms with Gasteiger partial charge in [0.05, 0.1) is 5.41 Å². The third kappa shape index (κ3) is 2.64. The Balaban J connectivity index is 1.73. The van der Waals surface area contributed by atoms with Gasteiger partial charge < -0.3 is 5.32 Å². The Bertz CT molecular complexity index is 407. The van der Waals surface area contributed by atoms with Crippen molar-refractivity contribution in [2.45, 2.75) is 79.1 Å². The molecule has 1 N–H and O–H groups in total. The summed E-state index contributed by atoms with van der Waals surface area (Å²) in [4.78, 5) is 13.0. The molecule has 0 spiro atoms. The topological polar surface area (TPSA) is 29.1 Å². The standard InChI is InChI=1S/C19H33NO/c1-5-14(6-2)10-20-16(21)19-9-15-7-17(3,12-19)11-18(4,8-15)13-19/h14-15H,5-13H2,1-4H3,(H,20,21). The minimum atomic E-state index is -0.0328. The first kappa shape index (κ1) is 15.4. The van der Waals surface area contributed by atoms with Crippen LogP contribution in [0.4, 0.5) is 0 Å². The van der Waals surface area contributed by atoms with Crippen LogP contribution in [-0.2, 0) is 4.79 Å². The van der Waals surface area contributed by atoms with Gasteiger partial charge in [-0.3, -0.25) is 4.79 Å². The number of carbonyl (C=O) groups excluding carboxylic acids is 1. The van der Waals surface area contributed by atoms with E-state index in [2.05, 4.69) is 33.0 Å². The van der Waals surface area contributed by atoms with Gasteiger partial charge in [0.2, 0.25) is 5.91 Å². The van der Waals surface area contributed by atoms with Crippen LogP contribution in [0.3, 0.4) is 0 Å². The lowest BCUT2D eigenvalue weighted by Crippen LogP contribution is -2.60. The highest BCUT2D eigenvalue weighted by Gasteiger charge is 2.62. The molecule has 1 amide bonds. The van der Waals surface area contributed by atoms with E-state index in [4.69, 9.17) is 0 Å². The number of rotatable bonds is 5. The fraction of sp³-hybridized carbons (Fsp3) is 0.947. The van der Waals surface area contributed by atoms with Gasteiger partial charge in [0, 0.05) is 6.54 Å². The summed E-state index contributed by atoms with van der Waals surface area (Å²) in [7, 11) is 0. The minimum absolute atomic E-state index is 0.0328. The van der Waals surface area contributed by atoms with E-state index in [0.29, 0.717) is 22.7 Å². The van der Waals surface area contributed by atoms with Gasteiger partial charge in [-0.05, 0) is 61.2 Å². The summed E-state index contributed by atoms with van der Waals surface area (Å²) in [6, 6.07) is 0. The van der Waals surface area contributed by atoms with E-state index < -0.39 is 0 Å². The first-order chi connectivity index (χ1) is 9.82. The van der Waals surface area contributed by atoms with Crippen molar-refractivity contribution in [1.82, 2.24) is 5.32 Å². The van der Waals surface area contributed by atoms with Gasteiger partial charge in [-0.1, -0.05) is 40.5 Å². The van der Waals surface area contributed by atoms with Crippen molar-refractivity contribution in [2.24, 2.45) is 28.1 Å². The molecule has 120 valence electrons. The number of hydrogen-bond donors (Lipinski definition) is 1. The van der Waals surface area contributed by atoms with E-state index in [-0.39, 0.29) is 5.41 Å². The smallest absolute Gasteiger partial charge is 0.226 e. The molecule has 2 heteroatoms. The molecule has 0 heterocycles. The second-order valence-corrected chi connectivity index (χ2v) is 9.30. The Morgan fingerprint density at radius 1 is 1.05 bits per heavy atom. The molecular weight excluding hydrogens is 258 g/mol. The molecule has 2 unspecified atom stereocenters. The maximum Gasteiger partial charge on any atom is 0.226 e. The van der Waals surface area contributed by atoms with Crippen LogP contribution in [0.1, 0.15) is 79.1 Å². The van der Waals surface area contributed by atoms with E-state index >= 15 is 0 Å². The average molecular weight is 291 g/mol. The van der Waals surface area contributed by atoms with Crippen LogP contribution in [-0.4, -0.2) is 12.5 Å². The van der Waals surface area contributed by atoms with Gasteiger partial charge in [-0.15, -0.1) is 0 Å². The first-order valence-corrected chi connectivity index (χ1v) is 9.10. The van der Waals surface area contributed by atoms with Crippen molar-refractivity contribution in [3.05, 3.63) is 0 Å². The van der Waals surface area contributed by atoms with Crippen LogP contribution in [0.2, 0.25) is 0 Å². The molecule has 2 atom stereocenters. The molecular formula is C19H33NO. The predicted molar refractivity (Wildman–Crippen MR) is 86.9 cm³/mol. The highest BCUT2D eigenvalue weighted by molar-refractivity contribution is 5.83. The zero-order valence-electron chi connectivity index (χ0n) is 14.4. The van der Waals surface area contributed by atoms with Gasteiger partial charge in [0.1, 0.15) is 0 Å². The highest BCUT2D eigenvalue weighted by atomic mass is 16.2. The molecule has 4 saturated carbocycles. The number of hydrogen-bond acceptors (Lipinski definition) is 1. The highest BCUT2D eigenvalue weighted by Crippen LogP contribution is 2.69. The summed E-state index contributed by atoms with van der Waals surface area (Å²) in [6.07, 6.45) is 9.85. The van der Waals surface area contributed by atoms with E-state index in [9.17, 15) is 4.79 Å². The van der Waals surface area contributed by atoms with Crippen molar-refractivity contribution in [3.63, 3.8) is 0 Å². The minimum Gasteiger partial charge on any atom is -0.355 e. The lowest BCUT2D eigenvalue weighted by molar-refractivity contribution is -0.170. The van der Waals surface area contributed by atoms with Gasteiger partial charge in [0.25, 0.3) is 0 Å². The third-order valence-electron chi connectivity index (χ3n) is 6.81. The Labute approximate surface area is 130 Å². The maximum absolute atomic E-state index is 13.0. The zero-order valence-corrected chi connectivity index (χ0v) is 14.4. The lowest BCUT2D eigenvalue weighted by Gasteiger charge is -2.64. The van der Waals surface area contributed by atoms with Crippen LogP contribution in [0.15, 0.2) is 0 Å². The number of nitrogens with one attached hydrogen (secondary N) is 1. The molecule has 21 heavy (non-hydrogen) atoms. The van der Waals surface area contributed by atoms with Crippen LogP contribution < -0.4 is 5.32 Å². The Kier molecular flexibility index (Phi) is 3.65. The van der Waals surface area contributed by atoms with Crippen molar-refractivity contribution in [3.8, 4) is 0 Å². The fourth-order valence-electron chi connectivity index (χ4n) is 6.70. The van der Waals surface area contributed by atoms with E-state index in [1.165, 1.54) is 32.1 Å². The molecule has 4 aliphatic carbocycles. The molecule has 0 saturated heterocycles. The zero-order chi connectivity index (χ0) is 15.3. The first-order valence-electron chi connectivity index (χ1n) is 9.10. The van der Waals surface area contributed by atoms with Crippen molar-refractivity contribution >= 4 is 5.91 Å². The number of amides is 1. The third-order valence-corrected chi connectivity index (χ3v) is 6.81. The molecule has 0 aromatic heterocycles. The molecule has 0 aliphatic heterocycles. The van der Waals surface area contributed by atoms with E-state index in [1.54, 1.807) is 0 Å².